The van der Waals surface area contributed by atoms with Crippen LogP contribution in [0.5, 0.6) is 0 Å². The molecule has 0 fully saturated rings. The van der Waals surface area contributed by atoms with Crippen molar-refractivity contribution in [3.63, 3.8) is 0 Å². The van der Waals surface area contributed by atoms with Gasteiger partial charge in [0.1, 0.15) is 0 Å². The van der Waals surface area contributed by atoms with E-state index in [1.54, 1.807) is 26.8 Å². The molecule has 0 unspecified atom stereocenters. The molecule has 2 N–H and O–H groups in total. The van der Waals surface area contributed by atoms with E-state index in [-0.39, 0.29) is 0 Å². The summed E-state index contributed by atoms with van der Waals surface area (Å²) in [6, 6.07) is 1.58. The number of nitrogens with zero attached hydrogens (tertiary/aromatic N) is 2. The van der Waals surface area contributed by atoms with E-state index in [0.29, 0.717) is 11.4 Å². The van der Waals surface area contributed by atoms with Crippen molar-refractivity contribution < 1.29 is 8.42 Å². The molecule has 0 bridgehead atoms. The minimum Gasteiger partial charge on any atom is -0.396 e. The van der Waals surface area contributed by atoms with E-state index >= 15 is 0 Å². The Morgan fingerprint density at radius 2 is 1.94 bits per heavy atom. The Morgan fingerprint density at radius 3 is 2.38 bits per heavy atom. The summed E-state index contributed by atoms with van der Waals surface area (Å²) in [6.07, 6.45) is 2.95. The second-order valence-corrected chi connectivity index (χ2v) is 7.24. The van der Waals surface area contributed by atoms with E-state index < -0.39 is 14.8 Å². The Morgan fingerprint density at radius 1 is 1.38 bits per heavy atom. The van der Waals surface area contributed by atoms with E-state index in [4.69, 9.17) is 5.73 Å². The molecule has 0 radical (unpaired) electrons. The first-order chi connectivity index (χ1) is 7.18. The Labute approximate surface area is 96.3 Å². The highest BCUT2D eigenvalue weighted by Crippen LogP contribution is 2.28. The van der Waals surface area contributed by atoms with E-state index in [1.807, 2.05) is 0 Å². The zero-order valence-corrected chi connectivity index (χ0v) is 10.7. The molecule has 1 aromatic heterocycles. The second kappa shape index (κ2) is 3.93. The van der Waals surface area contributed by atoms with Gasteiger partial charge < -0.3 is 5.73 Å². The van der Waals surface area contributed by atoms with E-state index in [9.17, 15) is 8.42 Å². The first-order valence-electron chi connectivity index (χ1n) is 4.86. The molecule has 0 saturated carbocycles. The van der Waals surface area contributed by atoms with Gasteiger partial charge >= 0.3 is 0 Å². The van der Waals surface area contributed by atoms with Gasteiger partial charge in [-0.05, 0) is 26.8 Å². The summed E-state index contributed by atoms with van der Waals surface area (Å²) in [5, 5.41) is 0. The van der Waals surface area contributed by atoms with Crippen LogP contribution in [-0.2, 0) is 10.0 Å². The third kappa shape index (κ3) is 2.11. The van der Waals surface area contributed by atoms with Gasteiger partial charge in [-0.1, -0.05) is 0 Å². The van der Waals surface area contributed by atoms with Crippen LogP contribution in [0.25, 0.3) is 0 Å². The minimum absolute atomic E-state index is 0.345. The Kier molecular flexibility index (Phi) is 3.14. The van der Waals surface area contributed by atoms with Crippen LogP contribution in [0.1, 0.15) is 20.8 Å². The molecule has 90 valence electrons. The van der Waals surface area contributed by atoms with Gasteiger partial charge in [0.2, 0.25) is 10.0 Å². The molecule has 0 saturated heterocycles. The first-order valence-corrected chi connectivity index (χ1v) is 6.30. The van der Waals surface area contributed by atoms with Crippen molar-refractivity contribution >= 4 is 21.4 Å². The molecule has 0 aliphatic carbocycles. The number of rotatable bonds is 2. The van der Waals surface area contributed by atoms with Crippen LogP contribution in [0.15, 0.2) is 18.5 Å². The van der Waals surface area contributed by atoms with Gasteiger partial charge in [0.25, 0.3) is 0 Å². The lowest BCUT2D eigenvalue weighted by Gasteiger charge is -2.28. The number of sulfonamides is 1. The normalized spacial score (nSPS) is 12.5. The third-order valence-corrected chi connectivity index (χ3v) is 4.77. The van der Waals surface area contributed by atoms with Crippen LogP contribution >= 0.6 is 0 Å². The maximum absolute atomic E-state index is 12.2. The van der Waals surface area contributed by atoms with Gasteiger partial charge in [0.05, 0.1) is 22.3 Å². The number of hydrogen-bond donors (Lipinski definition) is 1. The predicted octanol–water partition coefficient (Wildman–Crippen LogP) is 1.23. The van der Waals surface area contributed by atoms with Crippen molar-refractivity contribution in [3.05, 3.63) is 18.5 Å². The Bertz CT molecular complexity index is 477. The fraction of sp³-hybridized carbons (Fsp3) is 0.500. The quantitative estimate of drug-likeness (QED) is 0.847. The molecular weight excluding hydrogens is 226 g/mol. The molecule has 16 heavy (non-hydrogen) atoms. The molecule has 0 atom stereocenters. The molecule has 0 amide bonds. The zero-order chi connectivity index (χ0) is 12.6. The SMILES string of the molecule is CN(c1ccncc1N)S(=O)(=O)C(C)(C)C. The Hall–Kier alpha value is -1.30. The largest absolute Gasteiger partial charge is 0.396 e. The molecular formula is C10H17N3O2S. The maximum atomic E-state index is 12.2. The molecule has 0 aliphatic rings. The molecule has 0 aromatic carbocycles. The van der Waals surface area contributed by atoms with E-state index in [2.05, 4.69) is 4.98 Å². The molecule has 1 aromatic rings. The molecule has 1 rings (SSSR count). The number of anilines is 2. The number of hydrogen-bond acceptors (Lipinski definition) is 4. The summed E-state index contributed by atoms with van der Waals surface area (Å²) >= 11 is 0. The summed E-state index contributed by atoms with van der Waals surface area (Å²) in [7, 11) is -1.93. The molecule has 0 aliphatic heterocycles. The summed E-state index contributed by atoms with van der Waals surface area (Å²) in [4.78, 5) is 3.83. The average molecular weight is 243 g/mol. The topological polar surface area (TPSA) is 76.3 Å². The summed E-state index contributed by atoms with van der Waals surface area (Å²) in [5.74, 6) is 0. The van der Waals surface area contributed by atoms with Crippen LogP contribution in [0, 0.1) is 0 Å². The lowest BCUT2D eigenvalue weighted by molar-refractivity contribution is 0.558. The zero-order valence-electron chi connectivity index (χ0n) is 9.93. The van der Waals surface area contributed by atoms with Gasteiger partial charge in [-0.2, -0.15) is 0 Å². The van der Waals surface area contributed by atoms with E-state index in [0.717, 1.165) is 0 Å². The predicted molar refractivity (Wildman–Crippen MR) is 65.7 cm³/mol. The van der Waals surface area contributed by atoms with Crippen molar-refractivity contribution in [2.75, 3.05) is 17.1 Å². The van der Waals surface area contributed by atoms with Crippen molar-refractivity contribution in [1.82, 2.24) is 4.98 Å². The van der Waals surface area contributed by atoms with Crippen LogP contribution in [-0.4, -0.2) is 25.2 Å². The lowest BCUT2D eigenvalue weighted by Crippen LogP contribution is -2.41. The fourth-order valence-corrected chi connectivity index (χ4v) is 2.47. The van der Waals surface area contributed by atoms with Gasteiger partial charge in [0, 0.05) is 13.2 Å². The summed E-state index contributed by atoms with van der Waals surface area (Å²) in [6.45, 7) is 4.95. The summed E-state index contributed by atoms with van der Waals surface area (Å²) in [5.41, 5.74) is 6.49. The molecule has 1 heterocycles. The average Bonchev–Trinajstić information content (AvgIpc) is 2.15. The van der Waals surface area contributed by atoms with Gasteiger partial charge in [-0.3, -0.25) is 9.29 Å². The minimum atomic E-state index is -3.43. The highest BCUT2D eigenvalue weighted by molar-refractivity contribution is 7.94. The summed E-state index contributed by atoms with van der Waals surface area (Å²) < 4.78 is 24.6. The molecule has 5 nitrogen and oxygen atoms in total. The molecule has 0 spiro atoms. The molecule has 6 heteroatoms. The van der Waals surface area contributed by atoms with Crippen molar-refractivity contribution in [1.29, 1.82) is 0 Å². The number of aromatic nitrogens is 1. The van der Waals surface area contributed by atoms with Gasteiger partial charge in [-0.25, -0.2) is 8.42 Å². The van der Waals surface area contributed by atoms with Crippen LogP contribution in [0.4, 0.5) is 11.4 Å². The highest BCUT2D eigenvalue weighted by atomic mass is 32.2. The van der Waals surface area contributed by atoms with Gasteiger partial charge in [0.15, 0.2) is 0 Å². The van der Waals surface area contributed by atoms with Crippen molar-refractivity contribution in [2.45, 2.75) is 25.5 Å². The van der Waals surface area contributed by atoms with E-state index in [1.165, 1.54) is 23.7 Å². The third-order valence-electron chi connectivity index (χ3n) is 2.30. The Balaban J connectivity index is 3.24. The maximum Gasteiger partial charge on any atom is 0.239 e. The van der Waals surface area contributed by atoms with Crippen molar-refractivity contribution in [3.8, 4) is 0 Å². The lowest BCUT2D eigenvalue weighted by atomic mass is 10.3. The number of nitrogens with two attached hydrogens (primary N) is 1. The van der Waals surface area contributed by atoms with Gasteiger partial charge in [-0.15, -0.1) is 0 Å². The second-order valence-electron chi connectivity index (χ2n) is 4.52. The van der Waals surface area contributed by atoms with Crippen LogP contribution < -0.4 is 10.0 Å². The standard InChI is InChI=1S/C10H17N3O2S/c1-10(2,3)16(14,15)13(4)9-5-6-12-7-8(9)11/h5-7H,11H2,1-4H3. The van der Waals surface area contributed by atoms with Crippen LogP contribution in [0.3, 0.4) is 0 Å². The first kappa shape index (κ1) is 12.8. The monoisotopic (exact) mass is 243 g/mol. The smallest absolute Gasteiger partial charge is 0.239 e. The highest BCUT2D eigenvalue weighted by Gasteiger charge is 2.33. The van der Waals surface area contributed by atoms with Crippen molar-refractivity contribution in [2.24, 2.45) is 0 Å². The van der Waals surface area contributed by atoms with Crippen LogP contribution in [0.2, 0.25) is 0 Å². The number of nitrogen functional groups attached to an aromatic ring is 1. The fourth-order valence-electron chi connectivity index (χ4n) is 1.23. The number of pyridine rings is 1.